The number of fused-ring (bicyclic) bond motifs is 1. The molecule has 30 heavy (non-hydrogen) atoms. The van der Waals surface area contributed by atoms with Crippen molar-refractivity contribution in [1.29, 1.82) is 5.26 Å². The minimum absolute atomic E-state index is 0.0997. The molecule has 0 radical (unpaired) electrons. The van der Waals surface area contributed by atoms with Crippen molar-refractivity contribution in [3.05, 3.63) is 106 Å². The Balaban J connectivity index is 1.81. The maximum atomic E-state index is 12.9. The van der Waals surface area contributed by atoms with Gasteiger partial charge in [-0.2, -0.15) is 5.26 Å². The van der Waals surface area contributed by atoms with Gasteiger partial charge in [0.2, 0.25) is 9.84 Å². The Morgan fingerprint density at radius 2 is 1.63 bits per heavy atom. The van der Waals surface area contributed by atoms with E-state index >= 15 is 0 Å². The van der Waals surface area contributed by atoms with Crippen LogP contribution in [0.5, 0.6) is 0 Å². The number of allylic oxidation sites excluding steroid dienone is 1. The van der Waals surface area contributed by atoms with E-state index in [-0.39, 0.29) is 9.80 Å². The van der Waals surface area contributed by atoms with Crippen molar-refractivity contribution in [2.24, 2.45) is 0 Å². The average Bonchev–Trinajstić information content (AvgIpc) is 3.11. The first kappa shape index (κ1) is 20.0. The Bertz CT molecular complexity index is 1380. The third-order valence-corrected chi connectivity index (χ3v) is 6.76. The molecule has 0 fully saturated rings. The first-order chi connectivity index (χ1) is 14.5. The summed E-state index contributed by atoms with van der Waals surface area (Å²) in [6.45, 7) is 0.596. The van der Waals surface area contributed by atoms with Gasteiger partial charge in [-0.15, -0.1) is 0 Å². The van der Waals surface area contributed by atoms with Crippen LogP contribution in [0.2, 0.25) is 5.02 Å². The van der Waals surface area contributed by atoms with Gasteiger partial charge in [0.15, 0.2) is 0 Å². The predicted octanol–water partition coefficient (Wildman–Crippen LogP) is 5.68. The topological polar surface area (TPSA) is 62.9 Å². The second-order valence-corrected chi connectivity index (χ2v) is 9.15. The van der Waals surface area contributed by atoms with E-state index < -0.39 is 9.84 Å². The minimum atomic E-state index is -3.90. The molecule has 0 aliphatic rings. The standard InChI is InChI=1S/C24H17ClN2O2S/c25-20-12-10-18(11-13-20)16-27-17-19(23-8-4-5-9-24(23)27)14-22(15-26)30(28,29)21-6-2-1-3-7-21/h1-14,17H,16H2/b22-14+. The minimum Gasteiger partial charge on any atom is -0.342 e. The highest BCUT2D eigenvalue weighted by Crippen LogP contribution is 2.27. The van der Waals surface area contributed by atoms with Gasteiger partial charge in [0.1, 0.15) is 11.0 Å². The van der Waals surface area contributed by atoms with E-state index in [1.54, 1.807) is 18.2 Å². The summed E-state index contributed by atoms with van der Waals surface area (Å²) in [5, 5.41) is 11.2. The second-order valence-electron chi connectivity index (χ2n) is 6.79. The summed E-state index contributed by atoms with van der Waals surface area (Å²) in [6.07, 6.45) is 3.32. The second kappa shape index (κ2) is 8.19. The van der Waals surface area contributed by atoms with Gasteiger partial charge in [-0.3, -0.25) is 0 Å². The van der Waals surface area contributed by atoms with Crippen LogP contribution in [-0.2, 0) is 16.4 Å². The van der Waals surface area contributed by atoms with Crippen LogP contribution in [0, 0.1) is 11.3 Å². The van der Waals surface area contributed by atoms with Gasteiger partial charge >= 0.3 is 0 Å². The largest absolute Gasteiger partial charge is 0.342 e. The molecule has 0 unspecified atom stereocenters. The fraction of sp³-hybridized carbons (Fsp3) is 0.0417. The summed E-state index contributed by atoms with van der Waals surface area (Å²) >= 11 is 5.98. The Kier molecular flexibility index (Phi) is 5.45. The number of hydrogen-bond donors (Lipinski definition) is 0. The summed E-state index contributed by atoms with van der Waals surface area (Å²) in [5.74, 6) is 0. The third-order valence-electron chi connectivity index (χ3n) is 4.83. The summed E-state index contributed by atoms with van der Waals surface area (Å²) < 4.78 is 27.9. The monoisotopic (exact) mass is 432 g/mol. The van der Waals surface area contributed by atoms with Gasteiger partial charge in [0.25, 0.3) is 0 Å². The van der Waals surface area contributed by atoms with E-state index in [9.17, 15) is 13.7 Å². The van der Waals surface area contributed by atoms with Crippen LogP contribution in [0.15, 0.2) is 94.9 Å². The van der Waals surface area contributed by atoms with Gasteiger partial charge in [0, 0.05) is 34.2 Å². The van der Waals surface area contributed by atoms with E-state index in [0.717, 1.165) is 16.5 Å². The number of aromatic nitrogens is 1. The highest BCUT2D eigenvalue weighted by atomic mass is 35.5. The number of rotatable bonds is 5. The van der Waals surface area contributed by atoms with Crippen molar-refractivity contribution in [3.63, 3.8) is 0 Å². The molecular formula is C24H17ClN2O2S. The smallest absolute Gasteiger partial charge is 0.216 e. The molecule has 1 aromatic heterocycles. The zero-order chi connectivity index (χ0) is 21.1. The van der Waals surface area contributed by atoms with E-state index in [4.69, 9.17) is 11.6 Å². The average molecular weight is 433 g/mol. The number of hydrogen-bond acceptors (Lipinski definition) is 3. The quantitative estimate of drug-likeness (QED) is 0.381. The summed E-state index contributed by atoms with van der Waals surface area (Å²) in [4.78, 5) is -0.189. The van der Waals surface area contributed by atoms with E-state index in [0.29, 0.717) is 17.1 Å². The lowest BCUT2D eigenvalue weighted by Crippen LogP contribution is -2.03. The van der Waals surface area contributed by atoms with Crippen molar-refractivity contribution in [3.8, 4) is 6.07 Å². The molecule has 4 rings (SSSR count). The van der Waals surface area contributed by atoms with Crippen LogP contribution in [0.3, 0.4) is 0 Å². The molecule has 4 nitrogen and oxygen atoms in total. The van der Waals surface area contributed by atoms with Gasteiger partial charge < -0.3 is 4.57 Å². The van der Waals surface area contributed by atoms with Crippen molar-refractivity contribution < 1.29 is 8.42 Å². The normalized spacial score (nSPS) is 12.1. The first-order valence-electron chi connectivity index (χ1n) is 9.23. The fourth-order valence-electron chi connectivity index (χ4n) is 3.35. The summed E-state index contributed by atoms with van der Waals surface area (Å²) in [6, 6.07) is 25.2. The number of benzene rings is 3. The molecule has 3 aromatic carbocycles. The van der Waals surface area contributed by atoms with Crippen LogP contribution >= 0.6 is 11.6 Å². The molecule has 4 aromatic rings. The molecule has 0 saturated carbocycles. The number of nitrogens with zero attached hydrogens (tertiary/aromatic N) is 2. The van der Waals surface area contributed by atoms with E-state index in [1.807, 2.05) is 65.4 Å². The Morgan fingerprint density at radius 3 is 2.33 bits per heavy atom. The zero-order valence-corrected chi connectivity index (χ0v) is 17.4. The maximum absolute atomic E-state index is 12.9. The predicted molar refractivity (Wildman–Crippen MR) is 120 cm³/mol. The van der Waals surface area contributed by atoms with Crippen LogP contribution in [0.25, 0.3) is 17.0 Å². The SMILES string of the molecule is N#C/C(=C\c1cn(Cc2ccc(Cl)cc2)c2ccccc12)S(=O)(=O)c1ccccc1. The van der Waals surface area contributed by atoms with E-state index in [2.05, 4.69) is 0 Å². The van der Waals surface area contributed by atoms with Crippen molar-refractivity contribution in [2.45, 2.75) is 11.4 Å². The number of halogens is 1. The summed E-state index contributed by atoms with van der Waals surface area (Å²) in [7, 11) is -3.90. The number of sulfone groups is 1. The number of para-hydroxylation sites is 1. The van der Waals surface area contributed by atoms with Crippen molar-refractivity contribution in [2.75, 3.05) is 0 Å². The van der Waals surface area contributed by atoms with Crippen LogP contribution in [-0.4, -0.2) is 13.0 Å². The molecule has 0 saturated heterocycles. The van der Waals surface area contributed by atoms with Gasteiger partial charge in [0.05, 0.1) is 4.90 Å². The molecule has 1 heterocycles. The van der Waals surface area contributed by atoms with Crippen molar-refractivity contribution >= 4 is 38.4 Å². The first-order valence-corrected chi connectivity index (χ1v) is 11.1. The lowest BCUT2D eigenvalue weighted by Gasteiger charge is -2.05. The molecule has 0 atom stereocenters. The van der Waals surface area contributed by atoms with Crippen LogP contribution in [0.1, 0.15) is 11.1 Å². The molecule has 148 valence electrons. The van der Waals surface area contributed by atoms with E-state index in [1.165, 1.54) is 18.2 Å². The number of nitriles is 1. The van der Waals surface area contributed by atoms with Crippen LogP contribution in [0.4, 0.5) is 0 Å². The molecule has 0 aliphatic carbocycles. The van der Waals surface area contributed by atoms with Crippen molar-refractivity contribution in [1.82, 2.24) is 4.57 Å². The Labute approximate surface area is 180 Å². The Hall–Kier alpha value is -3.33. The molecule has 6 heteroatoms. The molecule has 0 aliphatic heterocycles. The fourth-order valence-corrected chi connectivity index (χ4v) is 4.64. The van der Waals surface area contributed by atoms with Gasteiger partial charge in [-0.25, -0.2) is 8.42 Å². The van der Waals surface area contributed by atoms with Gasteiger partial charge in [-0.05, 0) is 42.0 Å². The Morgan fingerprint density at radius 1 is 0.967 bits per heavy atom. The molecule has 0 bridgehead atoms. The molecule has 0 spiro atoms. The van der Waals surface area contributed by atoms with Gasteiger partial charge in [-0.1, -0.05) is 60.1 Å². The lowest BCUT2D eigenvalue weighted by molar-refractivity contribution is 0.603. The molecular weight excluding hydrogens is 416 g/mol. The highest BCUT2D eigenvalue weighted by molar-refractivity contribution is 7.95. The molecule has 0 amide bonds. The maximum Gasteiger partial charge on any atom is 0.216 e. The molecule has 0 N–H and O–H groups in total. The third kappa shape index (κ3) is 3.88. The van der Waals surface area contributed by atoms with Crippen LogP contribution < -0.4 is 0 Å². The summed E-state index contributed by atoms with van der Waals surface area (Å²) in [5.41, 5.74) is 2.69. The lowest BCUT2D eigenvalue weighted by atomic mass is 10.1. The highest BCUT2D eigenvalue weighted by Gasteiger charge is 2.21. The zero-order valence-electron chi connectivity index (χ0n) is 15.9.